The maximum absolute atomic E-state index is 13.1. The van der Waals surface area contributed by atoms with Crippen molar-refractivity contribution in [1.82, 2.24) is 0 Å². The Bertz CT molecular complexity index is 586. The number of halogens is 3. The van der Waals surface area contributed by atoms with E-state index in [1.807, 2.05) is 0 Å². The fraction of sp³-hybridized carbons (Fsp3) is 0.611. The molecule has 0 radical (unpaired) electrons. The molecule has 0 aliphatic heterocycles. The highest BCUT2D eigenvalue weighted by Crippen LogP contribution is 2.32. The van der Waals surface area contributed by atoms with E-state index < -0.39 is 24.2 Å². The van der Waals surface area contributed by atoms with Gasteiger partial charge in [0.25, 0.3) is 0 Å². The predicted molar refractivity (Wildman–Crippen MR) is 85.3 cm³/mol. The first-order valence-corrected chi connectivity index (χ1v) is 8.38. The van der Waals surface area contributed by atoms with Crippen LogP contribution in [0.4, 0.5) is 13.2 Å². The monoisotopic (exact) mass is 360 g/mol. The zero-order valence-corrected chi connectivity index (χ0v) is 14.1. The Labute approximate surface area is 144 Å². The van der Waals surface area contributed by atoms with Crippen LogP contribution in [0, 0.1) is 5.92 Å². The number of aromatic hydroxyl groups is 1. The SMILES string of the molecule is COCCCC[C@@H](OC(=O)C1CCc2cc(O)ccc2C1)C(F)(F)F. The molecule has 1 aromatic rings. The number of carbonyl (C=O) groups excluding carboxylic acids is 1. The molecule has 0 heterocycles. The van der Waals surface area contributed by atoms with E-state index in [0.29, 0.717) is 32.3 Å². The molecule has 2 rings (SSSR count). The zero-order chi connectivity index (χ0) is 18.4. The lowest BCUT2D eigenvalue weighted by molar-refractivity contribution is -0.225. The number of unbranched alkanes of at least 4 members (excludes halogenated alkanes) is 1. The molecule has 2 atom stereocenters. The van der Waals surface area contributed by atoms with Crippen molar-refractivity contribution in [1.29, 1.82) is 0 Å². The topological polar surface area (TPSA) is 55.8 Å². The van der Waals surface area contributed by atoms with Crippen molar-refractivity contribution in [3.8, 4) is 5.75 Å². The molecule has 0 amide bonds. The number of aryl methyl sites for hydroxylation is 1. The molecule has 1 aliphatic carbocycles. The average molecular weight is 360 g/mol. The molecule has 0 spiro atoms. The Balaban J connectivity index is 1.95. The van der Waals surface area contributed by atoms with Crippen LogP contribution in [-0.2, 0) is 27.1 Å². The second-order valence-electron chi connectivity index (χ2n) is 6.35. The molecular weight excluding hydrogens is 337 g/mol. The fourth-order valence-electron chi connectivity index (χ4n) is 3.04. The van der Waals surface area contributed by atoms with Crippen molar-refractivity contribution in [2.45, 2.75) is 50.8 Å². The van der Waals surface area contributed by atoms with Crippen LogP contribution in [0.3, 0.4) is 0 Å². The Morgan fingerprint density at radius 2 is 2.08 bits per heavy atom. The van der Waals surface area contributed by atoms with Crippen molar-refractivity contribution in [2.75, 3.05) is 13.7 Å². The average Bonchev–Trinajstić information content (AvgIpc) is 2.56. The smallest absolute Gasteiger partial charge is 0.425 e. The summed E-state index contributed by atoms with van der Waals surface area (Å²) in [7, 11) is 1.49. The number of phenols is 1. The number of methoxy groups -OCH3 is 1. The van der Waals surface area contributed by atoms with Crippen molar-refractivity contribution >= 4 is 5.97 Å². The van der Waals surface area contributed by atoms with E-state index in [9.17, 15) is 23.1 Å². The summed E-state index contributed by atoms with van der Waals surface area (Å²) in [6.45, 7) is 0.380. The van der Waals surface area contributed by atoms with Gasteiger partial charge in [-0.1, -0.05) is 6.07 Å². The molecular formula is C18H23F3O4. The molecule has 4 nitrogen and oxygen atoms in total. The van der Waals surface area contributed by atoms with E-state index in [0.717, 1.165) is 11.1 Å². The molecule has 0 saturated heterocycles. The van der Waals surface area contributed by atoms with Crippen LogP contribution in [0.15, 0.2) is 18.2 Å². The van der Waals surface area contributed by atoms with Crippen LogP contribution >= 0.6 is 0 Å². The minimum Gasteiger partial charge on any atom is -0.508 e. The second kappa shape index (κ2) is 8.56. The number of fused-ring (bicyclic) bond motifs is 1. The van der Waals surface area contributed by atoms with E-state index in [1.165, 1.54) is 13.2 Å². The molecule has 140 valence electrons. The van der Waals surface area contributed by atoms with Crippen LogP contribution in [0.2, 0.25) is 0 Å². The lowest BCUT2D eigenvalue weighted by Gasteiger charge is -2.27. The highest BCUT2D eigenvalue weighted by molar-refractivity contribution is 5.73. The molecule has 1 N–H and O–H groups in total. The second-order valence-corrected chi connectivity index (χ2v) is 6.35. The van der Waals surface area contributed by atoms with Crippen LogP contribution in [-0.4, -0.2) is 37.1 Å². The zero-order valence-electron chi connectivity index (χ0n) is 14.1. The first-order chi connectivity index (χ1) is 11.8. The van der Waals surface area contributed by atoms with Gasteiger partial charge in [-0.05, 0) is 61.8 Å². The van der Waals surface area contributed by atoms with Crippen molar-refractivity contribution in [3.63, 3.8) is 0 Å². The van der Waals surface area contributed by atoms with Crippen LogP contribution < -0.4 is 0 Å². The third kappa shape index (κ3) is 5.63. The molecule has 0 aromatic heterocycles. The number of benzene rings is 1. The lowest BCUT2D eigenvalue weighted by atomic mass is 9.84. The number of hydrogen-bond acceptors (Lipinski definition) is 4. The molecule has 0 fully saturated rings. The minimum atomic E-state index is -4.57. The van der Waals surface area contributed by atoms with Crippen LogP contribution in [0.5, 0.6) is 5.75 Å². The van der Waals surface area contributed by atoms with Crippen molar-refractivity contribution in [3.05, 3.63) is 29.3 Å². The van der Waals surface area contributed by atoms with E-state index >= 15 is 0 Å². The number of carbonyl (C=O) groups is 1. The molecule has 1 aliphatic rings. The summed E-state index contributed by atoms with van der Waals surface area (Å²) in [6.07, 6.45) is -4.84. The molecule has 0 bridgehead atoms. The van der Waals surface area contributed by atoms with Gasteiger partial charge in [-0.3, -0.25) is 4.79 Å². The van der Waals surface area contributed by atoms with Gasteiger partial charge in [0.05, 0.1) is 5.92 Å². The number of alkyl halides is 3. The molecule has 1 unspecified atom stereocenters. The molecule has 7 heteroatoms. The van der Waals surface area contributed by atoms with E-state index in [1.54, 1.807) is 12.1 Å². The van der Waals surface area contributed by atoms with Gasteiger partial charge in [0.1, 0.15) is 5.75 Å². The third-order valence-corrected chi connectivity index (χ3v) is 4.44. The number of hydrogen-bond donors (Lipinski definition) is 1. The minimum absolute atomic E-state index is 0.146. The van der Waals surface area contributed by atoms with Gasteiger partial charge in [-0.15, -0.1) is 0 Å². The summed E-state index contributed by atoms with van der Waals surface area (Å²) >= 11 is 0. The number of phenolic OH excluding ortho intramolecular Hbond substituents is 1. The standard InChI is InChI=1S/C18H23F3O4/c1-24-9-3-2-4-16(18(19,20)21)25-17(23)14-6-5-13-11-15(22)8-7-12(13)10-14/h7-8,11,14,16,22H,2-6,9-10H2,1H3/t14?,16-/m1/s1. The summed E-state index contributed by atoms with van der Waals surface area (Å²) in [5, 5.41) is 9.47. The summed E-state index contributed by atoms with van der Waals surface area (Å²) in [4.78, 5) is 12.2. The Morgan fingerprint density at radius 3 is 2.76 bits per heavy atom. The fourth-order valence-corrected chi connectivity index (χ4v) is 3.04. The van der Waals surface area contributed by atoms with Crippen LogP contribution in [0.25, 0.3) is 0 Å². The number of ether oxygens (including phenoxy) is 2. The lowest BCUT2D eigenvalue weighted by Crippen LogP contribution is -2.37. The Morgan fingerprint density at radius 1 is 1.32 bits per heavy atom. The third-order valence-electron chi connectivity index (χ3n) is 4.44. The number of rotatable bonds is 7. The Hall–Kier alpha value is -1.76. The van der Waals surface area contributed by atoms with Crippen LogP contribution in [0.1, 0.15) is 36.8 Å². The van der Waals surface area contributed by atoms with Crippen molar-refractivity contribution in [2.24, 2.45) is 5.92 Å². The summed E-state index contributed by atoms with van der Waals surface area (Å²) in [6, 6.07) is 4.85. The Kier molecular flexibility index (Phi) is 6.70. The maximum Gasteiger partial charge on any atom is 0.425 e. The van der Waals surface area contributed by atoms with Gasteiger partial charge in [-0.2, -0.15) is 13.2 Å². The van der Waals surface area contributed by atoms with Gasteiger partial charge in [-0.25, -0.2) is 0 Å². The first kappa shape index (κ1) is 19.6. The summed E-state index contributed by atoms with van der Waals surface area (Å²) < 4.78 is 49.0. The molecule has 1 aromatic carbocycles. The maximum atomic E-state index is 13.1. The first-order valence-electron chi connectivity index (χ1n) is 8.38. The van der Waals surface area contributed by atoms with E-state index in [4.69, 9.17) is 9.47 Å². The van der Waals surface area contributed by atoms with E-state index in [2.05, 4.69) is 0 Å². The molecule has 0 saturated carbocycles. The largest absolute Gasteiger partial charge is 0.508 e. The highest BCUT2D eigenvalue weighted by Gasteiger charge is 2.43. The van der Waals surface area contributed by atoms with Gasteiger partial charge in [0.15, 0.2) is 6.10 Å². The van der Waals surface area contributed by atoms with E-state index in [-0.39, 0.29) is 18.6 Å². The summed E-state index contributed by atoms with van der Waals surface area (Å²) in [5.41, 5.74) is 1.80. The van der Waals surface area contributed by atoms with Gasteiger partial charge in [0.2, 0.25) is 0 Å². The summed E-state index contributed by atoms with van der Waals surface area (Å²) in [5.74, 6) is -1.23. The normalized spacial score (nSPS) is 18.5. The highest BCUT2D eigenvalue weighted by atomic mass is 19.4. The quantitative estimate of drug-likeness (QED) is 0.594. The van der Waals surface area contributed by atoms with Gasteiger partial charge >= 0.3 is 12.1 Å². The van der Waals surface area contributed by atoms with Crippen molar-refractivity contribution < 1.29 is 32.5 Å². The van der Waals surface area contributed by atoms with Gasteiger partial charge < -0.3 is 14.6 Å². The molecule has 25 heavy (non-hydrogen) atoms. The predicted octanol–water partition coefficient (Wildman–Crippen LogP) is 3.79. The number of esters is 1. The van der Waals surface area contributed by atoms with Gasteiger partial charge in [0, 0.05) is 13.7 Å².